The fourth-order valence-corrected chi connectivity index (χ4v) is 2.91. The predicted molar refractivity (Wildman–Crippen MR) is 100 cm³/mol. The number of pyridine rings is 1. The fraction of sp³-hybridized carbons (Fsp3) is 0.278. The van der Waals surface area contributed by atoms with Crippen LogP contribution in [0.25, 0.3) is 11.4 Å². The minimum Gasteiger partial charge on any atom is -0.467 e. The van der Waals surface area contributed by atoms with Gasteiger partial charge in [0.05, 0.1) is 11.6 Å². The summed E-state index contributed by atoms with van der Waals surface area (Å²) in [5.41, 5.74) is 1.28. The van der Waals surface area contributed by atoms with Crippen molar-refractivity contribution in [3.63, 3.8) is 0 Å². The van der Waals surface area contributed by atoms with Crippen LogP contribution in [-0.2, 0) is 0 Å². The summed E-state index contributed by atoms with van der Waals surface area (Å²) in [6.45, 7) is -1.53. The molecule has 2 heterocycles. The van der Waals surface area contributed by atoms with Crippen LogP contribution in [0.15, 0.2) is 36.5 Å². The van der Waals surface area contributed by atoms with E-state index in [9.17, 15) is 18.0 Å². The third-order valence-corrected chi connectivity index (χ3v) is 4.48. The molecule has 12 heteroatoms. The first-order valence-corrected chi connectivity index (χ1v) is 9.23. The number of carbonyl (C=O) groups excluding carboxylic acids is 1. The molecule has 0 saturated heterocycles. The topological polar surface area (TPSA) is 94.8 Å². The molecule has 0 aliphatic heterocycles. The van der Waals surface area contributed by atoms with Gasteiger partial charge in [0.25, 0.3) is 5.91 Å². The SMILES string of the molecule is O=C(Nc1cccc(-c2nnnn2C2CC2)c1)c1cnc(OCC(F)(F)F)c(Cl)c1. The Morgan fingerprint density at radius 3 is 2.80 bits per heavy atom. The average Bonchev–Trinajstić information content (AvgIpc) is 3.42. The van der Waals surface area contributed by atoms with E-state index in [1.54, 1.807) is 22.9 Å². The van der Waals surface area contributed by atoms with E-state index in [-0.39, 0.29) is 10.6 Å². The van der Waals surface area contributed by atoms with Gasteiger partial charge in [0.2, 0.25) is 5.88 Å². The van der Waals surface area contributed by atoms with E-state index in [1.807, 2.05) is 6.07 Å². The highest BCUT2D eigenvalue weighted by Gasteiger charge is 2.29. The average molecular weight is 439 g/mol. The highest BCUT2D eigenvalue weighted by molar-refractivity contribution is 6.32. The van der Waals surface area contributed by atoms with Crippen LogP contribution >= 0.6 is 11.6 Å². The van der Waals surface area contributed by atoms with Crippen LogP contribution in [0.3, 0.4) is 0 Å². The number of hydrogen-bond donors (Lipinski definition) is 1. The maximum absolute atomic E-state index is 12.5. The Morgan fingerprint density at radius 2 is 2.10 bits per heavy atom. The number of alkyl halides is 3. The van der Waals surface area contributed by atoms with E-state index in [2.05, 4.69) is 30.6 Å². The minimum absolute atomic E-state index is 0.0626. The van der Waals surface area contributed by atoms with E-state index >= 15 is 0 Å². The number of carbonyl (C=O) groups is 1. The Labute approximate surface area is 173 Å². The van der Waals surface area contributed by atoms with E-state index in [0.717, 1.165) is 24.6 Å². The predicted octanol–water partition coefficient (Wildman–Crippen LogP) is 3.92. The zero-order chi connectivity index (χ0) is 21.3. The molecule has 1 aromatic carbocycles. The van der Waals surface area contributed by atoms with Gasteiger partial charge in [-0.1, -0.05) is 23.7 Å². The molecule has 0 spiro atoms. The zero-order valence-electron chi connectivity index (χ0n) is 15.2. The molecule has 30 heavy (non-hydrogen) atoms. The Hall–Kier alpha value is -3.21. The molecule has 3 aromatic rings. The van der Waals surface area contributed by atoms with Gasteiger partial charge in [-0.2, -0.15) is 13.2 Å². The van der Waals surface area contributed by atoms with Gasteiger partial charge < -0.3 is 10.1 Å². The van der Waals surface area contributed by atoms with Crippen molar-refractivity contribution in [1.82, 2.24) is 25.2 Å². The number of amides is 1. The molecular weight excluding hydrogens is 425 g/mol. The molecule has 0 radical (unpaired) electrons. The van der Waals surface area contributed by atoms with Crippen molar-refractivity contribution in [2.45, 2.75) is 25.1 Å². The molecule has 1 aliphatic rings. The number of anilines is 1. The number of nitrogens with one attached hydrogen (secondary N) is 1. The Morgan fingerprint density at radius 1 is 1.30 bits per heavy atom. The van der Waals surface area contributed by atoms with Crippen molar-refractivity contribution in [3.8, 4) is 17.3 Å². The molecule has 1 amide bonds. The van der Waals surface area contributed by atoms with E-state index < -0.39 is 24.6 Å². The van der Waals surface area contributed by atoms with Crippen LogP contribution in [-0.4, -0.2) is 43.9 Å². The Bertz CT molecular complexity index is 1080. The molecule has 156 valence electrons. The first kappa shape index (κ1) is 20.1. The number of aromatic nitrogens is 5. The van der Waals surface area contributed by atoms with Gasteiger partial charge in [0.1, 0.15) is 5.02 Å². The van der Waals surface area contributed by atoms with Crippen LogP contribution in [0.5, 0.6) is 5.88 Å². The first-order valence-electron chi connectivity index (χ1n) is 8.85. The third-order valence-electron chi connectivity index (χ3n) is 4.21. The van der Waals surface area contributed by atoms with E-state index in [1.165, 1.54) is 6.07 Å². The van der Waals surface area contributed by atoms with Gasteiger partial charge in [0, 0.05) is 17.4 Å². The Balaban J connectivity index is 1.47. The summed E-state index contributed by atoms with van der Waals surface area (Å²) in [5.74, 6) is -0.338. The quantitative estimate of drug-likeness (QED) is 0.627. The number of halogens is 4. The van der Waals surface area contributed by atoms with Crippen LogP contribution < -0.4 is 10.1 Å². The van der Waals surface area contributed by atoms with Gasteiger partial charge in [-0.15, -0.1) is 5.10 Å². The van der Waals surface area contributed by atoms with Crippen LogP contribution in [0.2, 0.25) is 5.02 Å². The highest BCUT2D eigenvalue weighted by atomic mass is 35.5. The minimum atomic E-state index is -4.52. The van der Waals surface area contributed by atoms with Gasteiger partial charge in [-0.25, -0.2) is 9.67 Å². The summed E-state index contributed by atoms with van der Waals surface area (Å²) in [6, 6.07) is 8.45. The smallest absolute Gasteiger partial charge is 0.422 e. The van der Waals surface area contributed by atoms with E-state index in [4.69, 9.17) is 11.6 Å². The third kappa shape index (κ3) is 4.67. The number of rotatable bonds is 6. The maximum atomic E-state index is 12.5. The lowest BCUT2D eigenvalue weighted by molar-refractivity contribution is -0.154. The second-order valence-electron chi connectivity index (χ2n) is 6.63. The van der Waals surface area contributed by atoms with Gasteiger partial charge in [-0.05, 0) is 41.5 Å². The molecule has 0 unspecified atom stereocenters. The fourth-order valence-electron chi connectivity index (χ4n) is 2.69. The molecule has 2 aromatic heterocycles. The van der Waals surface area contributed by atoms with Gasteiger partial charge in [0.15, 0.2) is 12.4 Å². The standard InChI is InChI=1S/C18H14ClF3N6O2/c19-14-7-11(8-23-17(14)30-9-18(20,21)22)16(29)24-12-3-1-2-10(6-12)15-25-26-27-28(15)13-4-5-13/h1-3,6-8,13H,4-5,9H2,(H,24,29). The number of benzene rings is 1. The van der Waals surface area contributed by atoms with Gasteiger partial charge >= 0.3 is 6.18 Å². The summed E-state index contributed by atoms with van der Waals surface area (Å²) in [5, 5.41) is 14.3. The number of tetrazole rings is 1. The summed E-state index contributed by atoms with van der Waals surface area (Å²) < 4.78 is 43.0. The molecule has 4 rings (SSSR count). The van der Waals surface area contributed by atoms with Gasteiger partial charge in [-0.3, -0.25) is 4.79 Å². The van der Waals surface area contributed by atoms with Crippen molar-refractivity contribution in [1.29, 1.82) is 0 Å². The lowest BCUT2D eigenvalue weighted by atomic mass is 10.1. The molecular formula is C18H14ClF3N6O2. The molecule has 0 bridgehead atoms. The number of hydrogen-bond acceptors (Lipinski definition) is 6. The molecule has 8 nitrogen and oxygen atoms in total. The van der Waals surface area contributed by atoms with E-state index in [0.29, 0.717) is 17.6 Å². The number of nitrogens with zero attached hydrogens (tertiary/aromatic N) is 5. The molecule has 0 atom stereocenters. The summed E-state index contributed by atoms with van der Waals surface area (Å²) in [4.78, 5) is 16.2. The monoisotopic (exact) mass is 438 g/mol. The lowest BCUT2D eigenvalue weighted by Crippen LogP contribution is -2.20. The molecule has 1 aliphatic carbocycles. The lowest BCUT2D eigenvalue weighted by Gasteiger charge is -2.11. The molecule has 1 fully saturated rings. The normalized spacial score (nSPS) is 13.9. The maximum Gasteiger partial charge on any atom is 0.422 e. The highest BCUT2D eigenvalue weighted by Crippen LogP contribution is 2.36. The summed E-state index contributed by atoms with van der Waals surface area (Å²) in [6.07, 6.45) is -1.40. The molecule has 1 saturated carbocycles. The van der Waals surface area contributed by atoms with Crippen molar-refractivity contribution in [2.24, 2.45) is 0 Å². The zero-order valence-corrected chi connectivity index (χ0v) is 16.0. The van der Waals surface area contributed by atoms with Crippen LogP contribution in [0.1, 0.15) is 29.2 Å². The van der Waals surface area contributed by atoms with Crippen molar-refractivity contribution >= 4 is 23.2 Å². The molecule has 1 N–H and O–H groups in total. The van der Waals surface area contributed by atoms with Crippen molar-refractivity contribution in [3.05, 3.63) is 47.1 Å². The first-order chi connectivity index (χ1) is 14.3. The largest absolute Gasteiger partial charge is 0.467 e. The van der Waals surface area contributed by atoms with Crippen molar-refractivity contribution in [2.75, 3.05) is 11.9 Å². The van der Waals surface area contributed by atoms with Crippen LogP contribution in [0, 0.1) is 0 Å². The second-order valence-corrected chi connectivity index (χ2v) is 7.04. The summed E-state index contributed by atoms with van der Waals surface area (Å²) >= 11 is 5.89. The number of ether oxygens (including phenoxy) is 1. The second kappa shape index (κ2) is 7.90. The van der Waals surface area contributed by atoms with Crippen LogP contribution in [0.4, 0.5) is 18.9 Å². The summed E-state index contributed by atoms with van der Waals surface area (Å²) in [7, 11) is 0. The van der Waals surface area contributed by atoms with Crippen molar-refractivity contribution < 1.29 is 22.7 Å². The Kier molecular flexibility index (Phi) is 5.29.